The van der Waals surface area contributed by atoms with E-state index in [4.69, 9.17) is 0 Å². The van der Waals surface area contributed by atoms with E-state index in [-0.39, 0.29) is 5.95 Å². The van der Waals surface area contributed by atoms with Gasteiger partial charge in [-0.2, -0.15) is 18.2 Å². The van der Waals surface area contributed by atoms with Crippen molar-refractivity contribution in [3.05, 3.63) is 22.4 Å². The molecule has 0 fully saturated rings. The van der Waals surface area contributed by atoms with Crippen LogP contribution < -0.4 is 5.32 Å². The normalized spacial score (nSPS) is 18.8. The van der Waals surface area contributed by atoms with E-state index in [2.05, 4.69) is 20.4 Å². The number of thiazole rings is 1. The average Bonchev–Trinajstić information content (AvgIpc) is 2.75. The topological polar surface area (TPSA) is 55.6 Å². The van der Waals surface area contributed by atoms with Crippen molar-refractivity contribution in [3.63, 3.8) is 0 Å². The van der Waals surface area contributed by atoms with Crippen molar-refractivity contribution in [2.45, 2.75) is 12.3 Å². The molecule has 84 valence electrons. The highest BCUT2D eigenvalue weighted by atomic mass is 32.1. The van der Waals surface area contributed by atoms with E-state index < -0.39 is 18.2 Å². The molecule has 1 atom stereocenters. The van der Waals surface area contributed by atoms with Gasteiger partial charge in [-0.15, -0.1) is 16.4 Å². The Morgan fingerprint density at radius 2 is 2.25 bits per heavy atom. The summed E-state index contributed by atoms with van der Waals surface area (Å²) in [4.78, 5) is 7.32. The first-order chi connectivity index (χ1) is 7.55. The molecule has 0 aliphatic carbocycles. The van der Waals surface area contributed by atoms with Gasteiger partial charge in [0.1, 0.15) is 5.01 Å². The van der Waals surface area contributed by atoms with Crippen LogP contribution in [0.15, 0.2) is 11.6 Å². The van der Waals surface area contributed by atoms with E-state index in [9.17, 15) is 13.2 Å². The number of rotatable bonds is 1. The summed E-state index contributed by atoms with van der Waals surface area (Å²) in [5.74, 6) is -1.01. The Morgan fingerprint density at radius 3 is 2.88 bits per heavy atom. The molecule has 0 spiro atoms. The zero-order valence-corrected chi connectivity index (χ0v) is 8.38. The molecule has 5 nitrogen and oxygen atoms in total. The van der Waals surface area contributed by atoms with Crippen LogP contribution >= 0.6 is 11.3 Å². The Kier molecular flexibility index (Phi) is 1.76. The summed E-state index contributed by atoms with van der Waals surface area (Å²) in [5.41, 5.74) is 0. The summed E-state index contributed by atoms with van der Waals surface area (Å²) in [6, 6.07) is 0. The van der Waals surface area contributed by atoms with Crippen molar-refractivity contribution in [2.24, 2.45) is 0 Å². The van der Waals surface area contributed by atoms with Crippen LogP contribution in [0.4, 0.5) is 19.1 Å². The molecule has 9 heteroatoms. The number of alkyl halides is 3. The maximum atomic E-state index is 12.3. The second kappa shape index (κ2) is 2.94. The number of anilines is 1. The third kappa shape index (κ3) is 1.28. The number of hydrogen-bond donors (Lipinski definition) is 1. The fourth-order valence-electron chi connectivity index (χ4n) is 1.37. The van der Waals surface area contributed by atoms with E-state index in [1.807, 2.05) is 0 Å². The summed E-state index contributed by atoms with van der Waals surface area (Å²) in [7, 11) is 0. The predicted octanol–water partition coefficient (Wildman–Crippen LogP) is 1.73. The molecule has 2 aromatic rings. The quantitative estimate of drug-likeness (QED) is 0.833. The van der Waals surface area contributed by atoms with Crippen LogP contribution in [0.1, 0.15) is 17.0 Å². The van der Waals surface area contributed by atoms with Gasteiger partial charge in [0.2, 0.25) is 5.95 Å². The molecule has 3 rings (SSSR count). The summed E-state index contributed by atoms with van der Waals surface area (Å²) in [6.07, 6.45) is -3.36. The maximum Gasteiger partial charge on any atom is 0.453 e. The van der Waals surface area contributed by atoms with Crippen molar-refractivity contribution in [1.29, 1.82) is 0 Å². The maximum absolute atomic E-state index is 12.3. The summed E-state index contributed by atoms with van der Waals surface area (Å²) in [6.45, 7) is 0. The van der Waals surface area contributed by atoms with Gasteiger partial charge >= 0.3 is 6.18 Å². The zero-order valence-electron chi connectivity index (χ0n) is 7.56. The number of nitrogens with one attached hydrogen (secondary N) is 1. The monoisotopic (exact) mass is 247 g/mol. The molecular formula is C7H4F3N5S. The minimum absolute atomic E-state index is 0.118. The number of hydrogen-bond acceptors (Lipinski definition) is 5. The van der Waals surface area contributed by atoms with Crippen LogP contribution in [0.2, 0.25) is 0 Å². The molecule has 2 aromatic heterocycles. The molecule has 1 N–H and O–H groups in total. The second-order valence-electron chi connectivity index (χ2n) is 3.12. The first-order valence-corrected chi connectivity index (χ1v) is 5.13. The molecule has 0 saturated carbocycles. The van der Waals surface area contributed by atoms with E-state index in [0.717, 1.165) is 0 Å². The van der Waals surface area contributed by atoms with E-state index in [1.165, 1.54) is 16.0 Å². The number of halogens is 3. The van der Waals surface area contributed by atoms with E-state index >= 15 is 0 Å². The molecule has 0 saturated heterocycles. The third-order valence-electron chi connectivity index (χ3n) is 2.08. The third-order valence-corrected chi connectivity index (χ3v) is 2.91. The molecule has 0 amide bonds. The van der Waals surface area contributed by atoms with Crippen LogP contribution in [0, 0.1) is 0 Å². The Morgan fingerprint density at radius 1 is 1.44 bits per heavy atom. The lowest BCUT2D eigenvalue weighted by Crippen LogP contribution is -2.32. The van der Waals surface area contributed by atoms with Crippen LogP contribution in [0.25, 0.3) is 0 Å². The summed E-state index contributed by atoms with van der Waals surface area (Å²) < 4.78 is 38.1. The van der Waals surface area contributed by atoms with Crippen LogP contribution in [0.5, 0.6) is 0 Å². The van der Waals surface area contributed by atoms with Gasteiger partial charge in [0.05, 0.1) is 0 Å². The zero-order chi connectivity index (χ0) is 11.3. The highest BCUT2D eigenvalue weighted by molar-refractivity contribution is 7.09. The lowest BCUT2D eigenvalue weighted by Gasteiger charge is -2.26. The van der Waals surface area contributed by atoms with E-state index in [1.54, 1.807) is 11.6 Å². The molecule has 16 heavy (non-hydrogen) atoms. The molecule has 0 aromatic carbocycles. The van der Waals surface area contributed by atoms with Crippen molar-refractivity contribution in [1.82, 2.24) is 19.7 Å². The van der Waals surface area contributed by atoms with Crippen molar-refractivity contribution >= 4 is 17.3 Å². The van der Waals surface area contributed by atoms with Crippen molar-refractivity contribution in [3.8, 4) is 0 Å². The number of nitrogens with zero attached hydrogens (tertiary/aromatic N) is 4. The minimum Gasteiger partial charge on any atom is -0.327 e. The molecular weight excluding hydrogens is 243 g/mol. The average molecular weight is 247 g/mol. The largest absolute Gasteiger partial charge is 0.453 e. The Hall–Kier alpha value is -1.64. The van der Waals surface area contributed by atoms with Gasteiger partial charge in [-0.3, -0.25) is 0 Å². The Labute approximate surface area is 90.9 Å². The van der Waals surface area contributed by atoms with Gasteiger partial charge in [-0.25, -0.2) is 9.67 Å². The van der Waals surface area contributed by atoms with Gasteiger partial charge in [-0.1, -0.05) is 0 Å². The Balaban J connectivity index is 1.95. The second-order valence-corrected chi connectivity index (χ2v) is 4.04. The van der Waals surface area contributed by atoms with Gasteiger partial charge in [-0.05, 0) is 0 Å². The van der Waals surface area contributed by atoms with Gasteiger partial charge < -0.3 is 5.32 Å². The molecule has 0 radical (unpaired) electrons. The van der Waals surface area contributed by atoms with Crippen molar-refractivity contribution in [2.75, 3.05) is 5.32 Å². The van der Waals surface area contributed by atoms with Gasteiger partial charge in [0.25, 0.3) is 5.82 Å². The van der Waals surface area contributed by atoms with Crippen LogP contribution in [-0.4, -0.2) is 19.7 Å². The summed E-state index contributed by atoms with van der Waals surface area (Å²) >= 11 is 1.34. The molecule has 0 bridgehead atoms. The minimum atomic E-state index is -4.51. The molecule has 1 unspecified atom stereocenters. The van der Waals surface area contributed by atoms with Gasteiger partial charge in [0, 0.05) is 11.6 Å². The molecule has 3 heterocycles. The standard InChI is InChI=1S/C7H4F3N5S/c8-7(9,10)5-13-6-12-3(15(6)14-5)4-11-1-2-16-4/h1-3H,(H,12,13,14). The fourth-order valence-corrected chi connectivity index (χ4v) is 2.05. The number of aromatic nitrogens is 4. The molecule has 1 aliphatic heterocycles. The van der Waals surface area contributed by atoms with E-state index in [0.29, 0.717) is 5.01 Å². The Bertz CT molecular complexity index is 517. The first kappa shape index (κ1) is 9.58. The smallest absolute Gasteiger partial charge is 0.327 e. The highest BCUT2D eigenvalue weighted by Gasteiger charge is 2.41. The predicted molar refractivity (Wildman–Crippen MR) is 48.9 cm³/mol. The van der Waals surface area contributed by atoms with Crippen LogP contribution in [-0.2, 0) is 6.18 Å². The fraction of sp³-hybridized carbons (Fsp3) is 0.286. The lowest BCUT2D eigenvalue weighted by molar-refractivity contribution is -0.144. The lowest BCUT2D eigenvalue weighted by atomic mass is 10.4. The summed E-state index contributed by atoms with van der Waals surface area (Å²) in [5, 5.41) is 8.55. The number of fused-ring (bicyclic) bond motifs is 1. The van der Waals surface area contributed by atoms with Crippen LogP contribution in [0.3, 0.4) is 0 Å². The SMILES string of the molecule is FC(F)(F)c1nc2n(n1)C(c1nccs1)N2. The first-order valence-electron chi connectivity index (χ1n) is 4.25. The molecule has 1 aliphatic rings. The highest BCUT2D eigenvalue weighted by Crippen LogP contribution is 2.35. The van der Waals surface area contributed by atoms with Gasteiger partial charge in [0.15, 0.2) is 6.17 Å². The van der Waals surface area contributed by atoms with Crippen molar-refractivity contribution < 1.29 is 13.2 Å².